The number of hydrogen-bond acceptors (Lipinski definition) is 2. The van der Waals surface area contributed by atoms with E-state index in [0.717, 1.165) is 44.1 Å². The molecule has 0 saturated heterocycles. The molecule has 7 atom stereocenters. The molecule has 1 N–H and O–H groups in total. The van der Waals surface area contributed by atoms with E-state index in [4.69, 9.17) is 0 Å². The van der Waals surface area contributed by atoms with Gasteiger partial charge in [-0.25, -0.2) is 4.39 Å². The molecule has 25 heavy (non-hydrogen) atoms. The highest BCUT2D eigenvalue weighted by Crippen LogP contribution is 2.69. The minimum Gasteiger partial charge on any atom is -0.361 e. The van der Waals surface area contributed by atoms with E-state index in [1.165, 1.54) is 0 Å². The molecule has 3 fully saturated rings. The van der Waals surface area contributed by atoms with Gasteiger partial charge in [-0.1, -0.05) is 32.4 Å². The number of carbonyl (C=O) groups excluding carboxylic acids is 1. The van der Waals surface area contributed by atoms with Crippen LogP contribution in [-0.2, 0) is 4.79 Å². The zero-order valence-electron chi connectivity index (χ0n) is 16.2. The van der Waals surface area contributed by atoms with E-state index in [1.54, 1.807) is 6.92 Å². The van der Waals surface area contributed by atoms with Gasteiger partial charge in [0.2, 0.25) is 5.85 Å². The number of rotatable bonds is 1. The largest absolute Gasteiger partial charge is 0.361 e. The Hall–Kier alpha value is -0.700. The van der Waals surface area contributed by atoms with Crippen molar-refractivity contribution in [2.24, 2.45) is 34.0 Å². The average Bonchev–Trinajstić information content (AvgIpc) is 2.81. The number of allylic oxidation sites excluding steroid dienone is 1. The van der Waals surface area contributed by atoms with E-state index in [2.05, 4.69) is 26.8 Å². The molecule has 0 radical (unpaired) electrons. The van der Waals surface area contributed by atoms with Crippen LogP contribution in [0.2, 0.25) is 0 Å². The SMILES string of the molecule is CC(=O)C1(C)CCC2C3CC=C4CC(O)(F)CCC4(C)C3CCC21C. The van der Waals surface area contributed by atoms with Crippen molar-refractivity contribution >= 4 is 5.78 Å². The zero-order chi connectivity index (χ0) is 18.3. The van der Waals surface area contributed by atoms with Gasteiger partial charge >= 0.3 is 0 Å². The molecule has 3 heteroatoms. The lowest BCUT2D eigenvalue weighted by atomic mass is 9.45. The smallest absolute Gasteiger partial charge is 0.210 e. The molecule has 0 aromatic rings. The predicted molar refractivity (Wildman–Crippen MR) is 96.5 cm³/mol. The summed E-state index contributed by atoms with van der Waals surface area (Å²) in [6, 6.07) is 0. The Balaban J connectivity index is 1.69. The third-order valence-corrected chi connectivity index (χ3v) is 9.50. The van der Waals surface area contributed by atoms with Gasteiger partial charge in [0, 0.05) is 18.3 Å². The van der Waals surface area contributed by atoms with Crippen molar-refractivity contribution in [3.05, 3.63) is 11.6 Å². The summed E-state index contributed by atoms with van der Waals surface area (Å²) in [6.07, 6.45) is 8.87. The van der Waals surface area contributed by atoms with Crippen LogP contribution in [0.4, 0.5) is 4.39 Å². The first-order valence-corrected chi connectivity index (χ1v) is 10.2. The summed E-state index contributed by atoms with van der Waals surface area (Å²) in [7, 11) is 0. The van der Waals surface area contributed by atoms with Crippen LogP contribution in [0.5, 0.6) is 0 Å². The Kier molecular flexibility index (Phi) is 3.67. The molecule has 7 unspecified atom stereocenters. The highest BCUT2D eigenvalue weighted by Gasteiger charge is 2.64. The summed E-state index contributed by atoms with van der Waals surface area (Å²) in [5, 5.41) is 9.90. The van der Waals surface area contributed by atoms with Crippen molar-refractivity contribution in [1.82, 2.24) is 0 Å². The summed E-state index contributed by atoms with van der Waals surface area (Å²) in [5.74, 6) is 0.132. The normalized spacial score (nSPS) is 55.0. The van der Waals surface area contributed by atoms with Gasteiger partial charge in [-0.2, -0.15) is 0 Å². The maximum atomic E-state index is 14.2. The second-order valence-electron chi connectivity index (χ2n) is 10.2. The maximum absolute atomic E-state index is 14.2. The van der Waals surface area contributed by atoms with Crippen LogP contribution < -0.4 is 0 Å². The van der Waals surface area contributed by atoms with E-state index in [1.807, 2.05) is 0 Å². The fourth-order valence-electron chi connectivity index (χ4n) is 7.45. The van der Waals surface area contributed by atoms with Crippen molar-refractivity contribution in [1.29, 1.82) is 0 Å². The van der Waals surface area contributed by atoms with Gasteiger partial charge in [0.15, 0.2) is 0 Å². The summed E-state index contributed by atoms with van der Waals surface area (Å²) in [4.78, 5) is 12.5. The molecule has 0 aromatic heterocycles. The molecule has 2 nitrogen and oxygen atoms in total. The molecule has 0 amide bonds. The van der Waals surface area contributed by atoms with Crippen molar-refractivity contribution in [2.75, 3.05) is 0 Å². The van der Waals surface area contributed by atoms with Crippen LogP contribution in [0.1, 0.15) is 79.1 Å². The van der Waals surface area contributed by atoms with Gasteiger partial charge in [-0.15, -0.1) is 0 Å². The third-order valence-electron chi connectivity index (χ3n) is 9.50. The molecule has 4 aliphatic carbocycles. The van der Waals surface area contributed by atoms with E-state index >= 15 is 0 Å². The Morgan fingerprint density at radius 2 is 1.80 bits per heavy atom. The Morgan fingerprint density at radius 1 is 1.12 bits per heavy atom. The molecular formula is C22H33FO2. The minimum absolute atomic E-state index is 0.0395. The van der Waals surface area contributed by atoms with Crippen LogP contribution in [-0.4, -0.2) is 16.7 Å². The lowest BCUT2D eigenvalue weighted by molar-refractivity contribution is -0.145. The summed E-state index contributed by atoms with van der Waals surface area (Å²) in [5.41, 5.74) is 1.12. The summed E-state index contributed by atoms with van der Waals surface area (Å²) in [6.45, 7) is 8.66. The fourth-order valence-corrected chi connectivity index (χ4v) is 7.45. The Labute approximate surface area is 151 Å². The second-order valence-corrected chi connectivity index (χ2v) is 10.2. The van der Waals surface area contributed by atoms with Crippen LogP contribution in [0, 0.1) is 34.0 Å². The zero-order valence-corrected chi connectivity index (χ0v) is 16.2. The monoisotopic (exact) mass is 348 g/mol. The average molecular weight is 349 g/mol. The van der Waals surface area contributed by atoms with E-state index < -0.39 is 5.85 Å². The lowest BCUT2D eigenvalue weighted by Crippen LogP contribution is -2.53. The first-order valence-electron chi connectivity index (χ1n) is 10.2. The van der Waals surface area contributed by atoms with Gasteiger partial charge in [0.05, 0.1) is 0 Å². The van der Waals surface area contributed by atoms with E-state index in [0.29, 0.717) is 23.5 Å². The van der Waals surface area contributed by atoms with Crippen molar-refractivity contribution in [2.45, 2.75) is 84.9 Å². The van der Waals surface area contributed by atoms with Gasteiger partial charge in [-0.05, 0) is 74.0 Å². The van der Waals surface area contributed by atoms with Gasteiger partial charge in [-0.3, -0.25) is 4.79 Å². The predicted octanol–water partition coefficient (Wildman–Crippen LogP) is 5.20. The van der Waals surface area contributed by atoms with Crippen LogP contribution in [0.3, 0.4) is 0 Å². The van der Waals surface area contributed by atoms with Crippen LogP contribution in [0.25, 0.3) is 0 Å². The molecule has 3 saturated carbocycles. The minimum atomic E-state index is -2.01. The first-order chi connectivity index (χ1) is 11.5. The molecule has 0 aliphatic heterocycles. The Bertz CT molecular complexity index is 638. The molecular weight excluding hydrogens is 315 g/mol. The van der Waals surface area contributed by atoms with Gasteiger partial charge in [0.25, 0.3) is 0 Å². The van der Waals surface area contributed by atoms with E-state index in [-0.39, 0.29) is 29.1 Å². The number of hydrogen-bond donors (Lipinski definition) is 1. The third kappa shape index (κ3) is 2.20. The number of aliphatic hydroxyl groups is 1. The number of carbonyl (C=O) groups is 1. The highest BCUT2D eigenvalue weighted by atomic mass is 19.2. The molecule has 0 heterocycles. The van der Waals surface area contributed by atoms with Gasteiger partial charge in [0.1, 0.15) is 5.78 Å². The number of fused-ring (bicyclic) bond motifs is 5. The van der Waals surface area contributed by atoms with E-state index in [9.17, 15) is 14.3 Å². The standard InChI is InChI=1S/C22H33FO2/c1-14(24)20(3)9-8-18-16-6-5-15-13-22(23,25)12-11-19(15,2)17(16)7-10-21(18,20)4/h5,16-18,25H,6-13H2,1-4H3. The number of ketones is 1. The van der Waals surface area contributed by atoms with Crippen molar-refractivity contribution < 1.29 is 14.3 Å². The highest BCUT2D eigenvalue weighted by molar-refractivity contribution is 5.83. The molecule has 4 rings (SSSR count). The summed E-state index contributed by atoms with van der Waals surface area (Å²) < 4.78 is 14.2. The first kappa shape index (κ1) is 17.7. The van der Waals surface area contributed by atoms with Crippen molar-refractivity contribution in [3.8, 4) is 0 Å². The van der Waals surface area contributed by atoms with Crippen molar-refractivity contribution in [3.63, 3.8) is 0 Å². The molecule has 0 aromatic carbocycles. The lowest BCUT2D eigenvalue weighted by Gasteiger charge is -2.59. The van der Waals surface area contributed by atoms with Crippen LogP contribution >= 0.6 is 0 Å². The van der Waals surface area contributed by atoms with Gasteiger partial charge < -0.3 is 5.11 Å². The second kappa shape index (κ2) is 5.18. The van der Waals surface area contributed by atoms with Crippen LogP contribution in [0.15, 0.2) is 11.6 Å². The number of Topliss-reactive ketones (excluding diaryl/α,β-unsaturated/α-hetero) is 1. The molecule has 0 spiro atoms. The quantitative estimate of drug-likeness (QED) is 0.661. The Morgan fingerprint density at radius 3 is 2.48 bits per heavy atom. The fraction of sp³-hybridized carbons (Fsp3) is 0.864. The molecule has 0 bridgehead atoms. The topological polar surface area (TPSA) is 37.3 Å². The summed E-state index contributed by atoms with van der Waals surface area (Å²) >= 11 is 0. The number of halogens is 1. The number of alkyl halides is 1. The molecule has 4 aliphatic rings. The maximum Gasteiger partial charge on any atom is 0.210 e. The molecule has 140 valence electrons.